The summed E-state index contributed by atoms with van der Waals surface area (Å²) in [5.74, 6) is 0.317. The van der Waals surface area contributed by atoms with Crippen LogP contribution >= 0.6 is 23.6 Å². The van der Waals surface area contributed by atoms with E-state index >= 15 is 0 Å². The third-order valence-electron chi connectivity index (χ3n) is 4.46. The number of thiophene rings is 1. The number of esters is 2. The second-order valence-corrected chi connectivity index (χ2v) is 7.95. The number of carbonyl (C=O) groups is 2. The molecule has 1 heterocycles. The van der Waals surface area contributed by atoms with Crippen LogP contribution < -0.4 is 20.1 Å². The molecule has 0 spiro atoms. The summed E-state index contributed by atoms with van der Waals surface area (Å²) in [6.07, 6.45) is 0.685. The highest BCUT2D eigenvalue weighted by Gasteiger charge is 2.26. The van der Waals surface area contributed by atoms with Gasteiger partial charge in [-0.15, -0.1) is 11.3 Å². The van der Waals surface area contributed by atoms with E-state index in [1.807, 2.05) is 18.2 Å². The van der Waals surface area contributed by atoms with Crippen molar-refractivity contribution in [3.63, 3.8) is 0 Å². The van der Waals surface area contributed by atoms with Crippen molar-refractivity contribution >= 4 is 45.6 Å². The first-order valence-electron chi connectivity index (χ1n) is 10.1. The number of carbonyl (C=O) groups excluding carboxylic acids is 2. The molecular weight excluding hydrogens is 452 g/mol. The standard InChI is InChI=1S/C22H28N2O6S2/c1-6-29-20(25)17-13(3)18(21(26)30-7-2)32-19(17)24-22(31)23-11-10-14-8-9-15(27-4)16(12-14)28-5/h8-9,12H,6-7,10-11H2,1-5H3,(H2,23,24,31). The van der Waals surface area contributed by atoms with Gasteiger partial charge in [-0.25, -0.2) is 9.59 Å². The fraction of sp³-hybridized carbons (Fsp3) is 0.409. The zero-order chi connectivity index (χ0) is 23.7. The Morgan fingerprint density at radius 1 is 1.03 bits per heavy atom. The van der Waals surface area contributed by atoms with Crippen molar-refractivity contribution in [2.75, 3.05) is 39.3 Å². The zero-order valence-corrected chi connectivity index (χ0v) is 20.5. The van der Waals surface area contributed by atoms with Crippen LogP contribution in [0.3, 0.4) is 0 Å². The maximum atomic E-state index is 12.5. The topological polar surface area (TPSA) is 95.1 Å². The Morgan fingerprint density at radius 3 is 2.31 bits per heavy atom. The maximum absolute atomic E-state index is 12.5. The molecule has 8 nitrogen and oxygen atoms in total. The Kier molecular flexibility index (Phi) is 9.73. The number of nitrogens with one attached hydrogen (secondary N) is 2. The molecule has 2 N–H and O–H groups in total. The van der Waals surface area contributed by atoms with E-state index in [0.717, 1.165) is 16.9 Å². The molecule has 0 aliphatic carbocycles. The summed E-state index contributed by atoms with van der Waals surface area (Å²) in [6.45, 7) is 6.14. The van der Waals surface area contributed by atoms with Gasteiger partial charge in [0, 0.05) is 6.54 Å². The molecular formula is C22H28N2O6S2. The molecule has 0 saturated carbocycles. The minimum atomic E-state index is -0.521. The highest BCUT2D eigenvalue weighted by atomic mass is 32.1. The fourth-order valence-electron chi connectivity index (χ4n) is 2.95. The average molecular weight is 481 g/mol. The molecule has 0 bridgehead atoms. The van der Waals surface area contributed by atoms with Crippen LogP contribution in [0.25, 0.3) is 0 Å². The normalized spacial score (nSPS) is 10.3. The SMILES string of the molecule is CCOC(=O)c1sc(NC(=S)NCCc2ccc(OC)c(OC)c2)c(C(=O)OCC)c1C. The summed E-state index contributed by atoms with van der Waals surface area (Å²) in [5, 5.41) is 6.90. The van der Waals surface area contributed by atoms with Gasteiger partial charge in [0.25, 0.3) is 0 Å². The van der Waals surface area contributed by atoms with Gasteiger partial charge in [0.2, 0.25) is 0 Å². The van der Waals surface area contributed by atoms with Crippen LogP contribution in [-0.4, -0.2) is 51.0 Å². The third-order valence-corrected chi connectivity index (χ3v) is 5.90. The molecule has 0 radical (unpaired) electrons. The van der Waals surface area contributed by atoms with Crippen molar-refractivity contribution in [2.45, 2.75) is 27.2 Å². The number of benzene rings is 1. The Bertz CT molecular complexity index is 974. The minimum Gasteiger partial charge on any atom is -0.493 e. The van der Waals surface area contributed by atoms with Gasteiger partial charge in [0.15, 0.2) is 16.6 Å². The van der Waals surface area contributed by atoms with Crippen LogP contribution in [0.15, 0.2) is 18.2 Å². The van der Waals surface area contributed by atoms with E-state index in [9.17, 15) is 9.59 Å². The monoisotopic (exact) mass is 480 g/mol. The van der Waals surface area contributed by atoms with E-state index < -0.39 is 11.9 Å². The van der Waals surface area contributed by atoms with E-state index in [-0.39, 0.29) is 18.8 Å². The summed E-state index contributed by atoms with van der Waals surface area (Å²) in [5.41, 5.74) is 1.83. The number of methoxy groups -OCH3 is 2. The lowest BCUT2D eigenvalue weighted by molar-refractivity contribution is 0.0527. The van der Waals surface area contributed by atoms with Crippen LogP contribution in [0.2, 0.25) is 0 Å². The predicted molar refractivity (Wildman–Crippen MR) is 128 cm³/mol. The second-order valence-electron chi connectivity index (χ2n) is 6.52. The van der Waals surface area contributed by atoms with Crippen LogP contribution in [0, 0.1) is 6.92 Å². The number of ether oxygens (including phenoxy) is 4. The molecule has 0 amide bonds. The lowest BCUT2D eigenvalue weighted by atomic mass is 10.1. The van der Waals surface area contributed by atoms with Gasteiger partial charge in [0.05, 0.1) is 33.0 Å². The van der Waals surface area contributed by atoms with Gasteiger partial charge in [-0.2, -0.15) is 0 Å². The smallest absolute Gasteiger partial charge is 0.348 e. The van der Waals surface area contributed by atoms with Crippen LogP contribution in [-0.2, 0) is 15.9 Å². The van der Waals surface area contributed by atoms with E-state index in [0.29, 0.717) is 45.0 Å². The molecule has 0 aliphatic heterocycles. The molecule has 1 aromatic heterocycles. The Labute approximate surface area is 197 Å². The fourth-order valence-corrected chi connectivity index (χ4v) is 4.31. The predicted octanol–water partition coefficient (Wildman–Crippen LogP) is 3.96. The van der Waals surface area contributed by atoms with Crippen molar-refractivity contribution in [1.29, 1.82) is 0 Å². The lowest BCUT2D eigenvalue weighted by Crippen LogP contribution is -2.30. The number of hydrogen-bond acceptors (Lipinski definition) is 8. The molecule has 0 saturated heterocycles. The summed E-state index contributed by atoms with van der Waals surface area (Å²) < 4.78 is 20.8. The first-order chi connectivity index (χ1) is 15.4. The van der Waals surface area contributed by atoms with Crippen LogP contribution in [0.1, 0.15) is 45.0 Å². The van der Waals surface area contributed by atoms with Crippen molar-refractivity contribution < 1.29 is 28.5 Å². The van der Waals surface area contributed by atoms with Gasteiger partial charge in [-0.1, -0.05) is 6.07 Å². The number of hydrogen-bond donors (Lipinski definition) is 2. The van der Waals surface area contributed by atoms with Crippen molar-refractivity contribution in [3.05, 3.63) is 39.8 Å². The molecule has 2 aromatic rings. The first kappa shape index (κ1) is 25.4. The van der Waals surface area contributed by atoms with Gasteiger partial charge in [-0.3, -0.25) is 0 Å². The van der Waals surface area contributed by atoms with Gasteiger partial charge < -0.3 is 29.6 Å². The number of thiocarbonyl (C=S) groups is 1. The van der Waals surface area contributed by atoms with E-state index in [2.05, 4.69) is 10.6 Å². The van der Waals surface area contributed by atoms with Crippen molar-refractivity contribution in [3.8, 4) is 11.5 Å². The molecule has 174 valence electrons. The summed E-state index contributed by atoms with van der Waals surface area (Å²) >= 11 is 6.50. The Morgan fingerprint density at radius 2 is 1.69 bits per heavy atom. The maximum Gasteiger partial charge on any atom is 0.348 e. The molecule has 2 rings (SSSR count). The van der Waals surface area contributed by atoms with E-state index in [4.69, 9.17) is 31.2 Å². The highest BCUT2D eigenvalue weighted by molar-refractivity contribution is 7.80. The van der Waals surface area contributed by atoms with E-state index in [1.54, 1.807) is 35.0 Å². The molecule has 0 atom stereocenters. The molecule has 10 heteroatoms. The quantitative estimate of drug-likeness (QED) is 0.387. The highest BCUT2D eigenvalue weighted by Crippen LogP contribution is 2.34. The molecule has 0 fully saturated rings. The average Bonchev–Trinajstić information content (AvgIpc) is 3.09. The molecule has 32 heavy (non-hydrogen) atoms. The van der Waals surface area contributed by atoms with E-state index in [1.165, 1.54) is 0 Å². The first-order valence-corrected chi connectivity index (χ1v) is 11.3. The van der Waals surface area contributed by atoms with Gasteiger partial charge >= 0.3 is 11.9 Å². The number of rotatable bonds is 10. The molecule has 0 unspecified atom stereocenters. The molecule has 0 aliphatic rings. The largest absolute Gasteiger partial charge is 0.493 e. The van der Waals surface area contributed by atoms with Crippen molar-refractivity contribution in [1.82, 2.24) is 5.32 Å². The summed E-state index contributed by atoms with van der Waals surface area (Å²) in [7, 11) is 3.18. The second kappa shape index (κ2) is 12.3. The minimum absolute atomic E-state index is 0.219. The molecule has 1 aromatic carbocycles. The third kappa shape index (κ3) is 6.33. The van der Waals surface area contributed by atoms with Gasteiger partial charge in [-0.05, 0) is 62.7 Å². The zero-order valence-electron chi connectivity index (χ0n) is 18.8. The summed E-state index contributed by atoms with van der Waals surface area (Å²) in [6, 6.07) is 5.71. The van der Waals surface area contributed by atoms with Gasteiger partial charge in [0.1, 0.15) is 9.88 Å². The Balaban J connectivity index is 2.09. The Hall–Kier alpha value is -2.85. The summed E-state index contributed by atoms with van der Waals surface area (Å²) in [4.78, 5) is 25.1. The van der Waals surface area contributed by atoms with Crippen molar-refractivity contribution in [2.24, 2.45) is 0 Å². The number of anilines is 1. The van der Waals surface area contributed by atoms with Crippen LogP contribution in [0.4, 0.5) is 5.00 Å². The van der Waals surface area contributed by atoms with Crippen LogP contribution in [0.5, 0.6) is 11.5 Å². The lowest BCUT2D eigenvalue weighted by Gasteiger charge is -2.12.